The highest BCUT2D eigenvalue weighted by Crippen LogP contribution is 2.34. The molecule has 0 bridgehead atoms. The molecule has 5 nitrogen and oxygen atoms in total. The van der Waals surface area contributed by atoms with Crippen LogP contribution in [0.5, 0.6) is 0 Å². The van der Waals surface area contributed by atoms with Gasteiger partial charge in [-0.2, -0.15) is 0 Å². The van der Waals surface area contributed by atoms with Crippen LogP contribution in [0.2, 0.25) is 0 Å². The van der Waals surface area contributed by atoms with Gasteiger partial charge in [-0.25, -0.2) is 13.6 Å². The number of hydrogen-bond donors (Lipinski definition) is 3. The zero-order chi connectivity index (χ0) is 14.7. The van der Waals surface area contributed by atoms with Crippen LogP contribution in [0.4, 0.5) is 19.3 Å². The minimum absolute atomic E-state index is 0.134. The van der Waals surface area contributed by atoms with Gasteiger partial charge in [-0.15, -0.1) is 0 Å². The van der Waals surface area contributed by atoms with E-state index in [1.165, 1.54) is 12.1 Å². The number of carboxylic acid groups (broad SMARTS) is 1. The third-order valence-electron chi connectivity index (χ3n) is 3.10. The van der Waals surface area contributed by atoms with Crippen LogP contribution in [0.25, 0.3) is 0 Å². The monoisotopic (exact) mass is 284 g/mol. The first-order valence-corrected chi connectivity index (χ1v) is 6.20. The molecule has 0 radical (unpaired) electrons. The van der Waals surface area contributed by atoms with Crippen molar-refractivity contribution in [3.63, 3.8) is 0 Å². The van der Waals surface area contributed by atoms with Crippen molar-refractivity contribution in [1.82, 2.24) is 5.32 Å². The predicted octanol–water partition coefficient (Wildman–Crippen LogP) is 2.34. The van der Waals surface area contributed by atoms with Gasteiger partial charge in [-0.3, -0.25) is 4.79 Å². The maximum Gasteiger partial charge on any atom is 0.319 e. The molecule has 0 aromatic heterocycles. The maximum atomic E-state index is 13.4. The summed E-state index contributed by atoms with van der Waals surface area (Å²) in [6.45, 7) is 0. The third-order valence-corrected chi connectivity index (χ3v) is 3.10. The molecule has 1 aliphatic carbocycles. The molecular formula is C13H14F2N2O3. The lowest BCUT2D eigenvalue weighted by Crippen LogP contribution is -2.40. The molecule has 108 valence electrons. The second-order valence-corrected chi connectivity index (χ2v) is 4.74. The van der Waals surface area contributed by atoms with E-state index in [0.717, 1.165) is 18.9 Å². The van der Waals surface area contributed by atoms with E-state index >= 15 is 0 Å². The lowest BCUT2D eigenvalue weighted by atomic mass is 10.1. The fourth-order valence-electron chi connectivity index (χ4n) is 1.95. The number of nitrogens with one attached hydrogen (secondary N) is 2. The van der Waals surface area contributed by atoms with Gasteiger partial charge < -0.3 is 15.7 Å². The fourth-order valence-corrected chi connectivity index (χ4v) is 1.95. The molecular weight excluding hydrogens is 270 g/mol. The lowest BCUT2D eigenvalue weighted by molar-refractivity contribution is -0.137. The molecule has 0 aliphatic heterocycles. The van der Waals surface area contributed by atoms with Crippen LogP contribution in [0.1, 0.15) is 19.3 Å². The highest BCUT2D eigenvalue weighted by atomic mass is 19.2. The van der Waals surface area contributed by atoms with Crippen molar-refractivity contribution < 1.29 is 23.5 Å². The molecule has 1 aliphatic rings. The zero-order valence-corrected chi connectivity index (χ0v) is 10.5. The first-order valence-electron chi connectivity index (χ1n) is 6.20. The molecule has 7 heteroatoms. The number of amides is 2. The Morgan fingerprint density at radius 3 is 2.65 bits per heavy atom. The summed E-state index contributed by atoms with van der Waals surface area (Å²) in [6.07, 6.45) is 1.52. The molecule has 0 heterocycles. The van der Waals surface area contributed by atoms with E-state index in [1.807, 2.05) is 0 Å². The quantitative estimate of drug-likeness (QED) is 0.776. The van der Waals surface area contributed by atoms with Crippen LogP contribution in [0.3, 0.4) is 0 Å². The number of anilines is 1. The molecule has 3 N–H and O–H groups in total. The molecule has 1 fully saturated rings. The summed E-state index contributed by atoms with van der Waals surface area (Å²) in [4.78, 5) is 22.4. The summed E-state index contributed by atoms with van der Waals surface area (Å²) in [5.74, 6) is -3.09. The second kappa shape index (κ2) is 5.85. The van der Waals surface area contributed by atoms with Crippen molar-refractivity contribution in [3.8, 4) is 0 Å². The molecule has 20 heavy (non-hydrogen) atoms. The number of carbonyl (C=O) groups is 2. The average Bonchev–Trinajstić information content (AvgIpc) is 3.17. The summed E-state index contributed by atoms with van der Waals surface area (Å²) >= 11 is 0. The fraction of sp³-hybridized carbons (Fsp3) is 0.385. The molecule has 1 saturated carbocycles. The molecule has 1 aromatic rings. The molecule has 2 rings (SSSR count). The van der Waals surface area contributed by atoms with E-state index < -0.39 is 29.7 Å². The number of carbonyl (C=O) groups excluding carboxylic acids is 1. The van der Waals surface area contributed by atoms with E-state index in [9.17, 15) is 18.4 Å². The Morgan fingerprint density at radius 1 is 1.35 bits per heavy atom. The van der Waals surface area contributed by atoms with E-state index in [1.54, 1.807) is 0 Å². The van der Waals surface area contributed by atoms with E-state index in [-0.39, 0.29) is 18.0 Å². The number of carboxylic acids is 1. The van der Waals surface area contributed by atoms with Crippen molar-refractivity contribution in [2.75, 3.05) is 5.32 Å². The van der Waals surface area contributed by atoms with Crippen molar-refractivity contribution in [1.29, 1.82) is 0 Å². The molecule has 1 aromatic carbocycles. The van der Waals surface area contributed by atoms with E-state index in [4.69, 9.17) is 5.11 Å². The van der Waals surface area contributed by atoms with Crippen molar-refractivity contribution in [3.05, 3.63) is 29.8 Å². The Balaban J connectivity index is 1.97. The summed E-state index contributed by atoms with van der Waals surface area (Å²) in [6, 6.07) is 2.19. The lowest BCUT2D eigenvalue weighted by Gasteiger charge is -2.17. The van der Waals surface area contributed by atoms with Crippen LogP contribution < -0.4 is 10.6 Å². The molecule has 1 atom stereocenters. The first kappa shape index (κ1) is 14.2. The molecule has 2 amide bonds. The summed E-state index contributed by atoms with van der Waals surface area (Å²) in [5.41, 5.74) is -0.285. The average molecular weight is 284 g/mol. The van der Waals surface area contributed by atoms with Crippen LogP contribution in [0.15, 0.2) is 18.2 Å². The minimum Gasteiger partial charge on any atom is -0.481 e. The van der Waals surface area contributed by atoms with Crippen molar-refractivity contribution in [2.24, 2.45) is 5.92 Å². The van der Waals surface area contributed by atoms with Crippen molar-refractivity contribution in [2.45, 2.75) is 25.3 Å². The Bertz CT molecular complexity index is 532. The Hall–Kier alpha value is -2.18. The maximum absolute atomic E-state index is 13.4. The predicted molar refractivity (Wildman–Crippen MR) is 67.3 cm³/mol. The Labute approximate surface area is 114 Å². The normalized spacial score (nSPS) is 15.5. The van der Waals surface area contributed by atoms with Gasteiger partial charge in [0.05, 0.1) is 12.1 Å². The van der Waals surface area contributed by atoms with Gasteiger partial charge in [0.25, 0.3) is 0 Å². The van der Waals surface area contributed by atoms with Crippen molar-refractivity contribution >= 4 is 17.7 Å². The number of hydrogen-bond acceptors (Lipinski definition) is 2. The standard InChI is InChI=1S/C13H14F2N2O3/c14-8-2-1-3-9(12(8)15)16-13(20)17-10(6-11(18)19)7-4-5-7/h1-3,7,10H,4-6H2,(H,18,19)(H2,16,17,20). The second-order valence-electron chi connectivity index (χ2n) is 4.74. The van der Waals surface area contributed by atoms with Crippen LogP contribution in [0, 0.1) is 17.6 Å². The summed E-state index contributed by atoms with van der Waals surface area (Å²) in [7, 11) is 0. The Kier molecular flexibility index (Phi) is 4.16. The van der Waals surface area contributed by atoms with E-state index in [2.05, 4.69) is 10.6 Å². The van der Waals surface area contributed by atoms with Gasteiger partial charge in [0, 0.05) is 6.04 Å². The Morgan fingerprint density at radius 2 is 2.05 bits per heavy atom. The van der Waals surface area contributed by atoms with Gasteiger partial charge in [0.2, 0.25) is 0 Å². The number of urea groups is 1. The van der Waals surface area contributed by atoms with Crippen LogP contribution in [-0.2, 0) is 4.79 Å². The highest BCUT2D eigenvalue weighted by molar-refractivity contribution is 5.89. The molecule has 0 saturated heterocycles. The zero-order valence-electron chi connectivity index (χ0n) is 10.5. The molecule has 0 spiro atoms. The highest BCUT2D eigenvalue weighted by Gasteiger charge is 2.33. The van der Waals surface area contributed by atoms with Gasteiger partial charge in [0.1, 0.15) is 0 Å². The van der Waals surface area contributed by atoms with Gasteiger partial charge in [-0.05, 0) is 30.9 Å². The molecule has 1 unspecified atom stereocenters. The number of rotatable bonds is 5. The van der Waals surface area contributed by atoms with Gasteiger partial charge >= 0.3 is 12.0 Å². The van der Waals surface area contributed by atoms with E-state index in [0.29, 0.717) is 0 Å². The minimum atomic E-state index is -1.15. The summed E-state index contributed by atoms with van der Waals surface area (Å²) in [5, 5.41) is 13.4. The third kappa shape index (κ3) is 3.66. The number of benzene rings is 1. The number of aliphatic carboxylic acids is 1. The number of halogens is 2. The largest absolute Gasteiger partial charge is 0.481 e. The SMILES string of the molecule is O=C(O)CC(NC(=O)Nc1cccc(F)c1F)C1CC1. The topological polar surface area (TPSA) is 78.4 Å². The smallest absolute Gasteiger partial charge is 0.319 e. The van der Waals surface area contributed by atoms with Crippen LogP contribution in [-0.4, -0.2) is 23.1 Å². The van der Waals surface area contributed by atoms with Gasteiger partial charge in [0.15, 0.2) is 11.6 Å². The van der Waals surface area contributed by atoms with Gasteiger partial charge in [-0.1, -0.05) is 6.07 Å². The summed E-state index contributed by atoms with van der Waals surface area (Å²) < 4.78 is 26.3. The van der Waals surface area contributed by atoms with Crippen LogP contribution >= 0.6 is 0 Å². The first-order chi connectivity index (χ1) is 9.47.